The number of hydrogen-bond donors (Lipinski definition) is 0. The summed E-state index contributed by atoms with van der Waals surface area (Å²) in [4.78, 5) is 37.1. The maximum Gasteiger partial charge on any atom is 0.293 e. The van der Waals surface area contributed by atoms with Gasteiger partial charge >= 0.3 is 0 Å². The van der Waals surface area contributed by atoms with Crippen molar-refractivity contribution < 1.29 is 4.79 Å². The third kappa shape index (κ3) is 3.51. The van der Waals surface area contributed by atoms with E-state index in [-0.39, 0.29) is 17.4 Å². The van der Waals surface area contributed by atoms with Crippen molar-refractivity contribution >= 4 is 22.8 Å². The topological polar surface area (TPSA) is 61.7 Å². The van der Waals surface area contributed by atoms with Crippen molar-refractivity contribution in [3.63, 3.8) is 0 Å². The van der Waals surface area contributed by atoms with Crippen LogP contribution in [-0.4, -0.2) is 71.6 Å². The van der Waals surface area contributed by atoms with Gasteiger partial charge in [0.05, 0.1) is 17.0 Å². The van der Waals surface area contributed by atoms with Gasteiger partial charge in [-0.05, 0) is 38.9 Å². The minimum absolute atomic E-state index is 0.0556. The number of likely N-dealkylation sites (N-methyl/N-ethyl adjacent to an activating group) is 1. The number of carbonyl (C=O) groups excluding carboxylic acids is 1. The van der Waals surface area contributed by atoms with Gasteiger partial charge in [-0.2, -0.15) is 0 Å². The van der Waals surface area contributed by atoms with Crippen LogP contribution < -0.4 is 10.5 Å². The van der Waals surface area contributed by atoms with E-state index in [4.69, 9.17) is 0 Å². The summed E-state index contributed by atoms with van der Waals surface area (Å²) in [6.45, 7) is 7.38. The molecule has 2 aliphatic heterocycles. The highest BCUT2D eigenvalue weighted by atomic mass is 16.2. The molecule has 2 aliphatic rings. The molecule has 2 fully saturated rings. The Bertz CT molecular complexity index is 917. The van der Waals surface area contributed by atoms with Crippen LogP contribution in [0.1, 0.15) is 19.8 Å². The number of piperazine rings is 1. The Morgan fingerprint density at radius 3 is 2.64 bits per heavy atom. The van der Waals surface area contributed by atoms with Crippen LogP contribution in [-0.2, 0) is 11.3 Å². The molecule has 3 heterocycles. The maximum atomic E-state index is 13.1. The summed E-state index contributed by atoms with van der Waals surface area (Å²) in [5.41, 5.74) is 1.63. The summed E-state index contributed by atoms with van der Waals surface area (Å²) >= 11 is 0. The van der Waals surface area contributed by atoms with Crippen molar-refractivity contribution in [3.8, 4) is 0 Å². The first-order valence-electron chi connectivity index (χ1n) is 10.3. The predicted molar refractivity (Wildman–Crippen MR) is 111 cm³/mol. The van der Waals surface area contributed by atoms with E-state index >= 15 is 0 Å². The van der Waals surface area contributed by atoms with Crippen molar-refractivity contribution in [3.05, 3.63) is 34.6 Å². The average molecular weight is 383 g/mol. The molecule has 1 unspecified atom stereocenters. The number of anilines is 1. The molecule has 0 saturated carbocycles. The molecule has 1 aromatic heterocycles. The summed E-state index contributed by atoms with van der Waals surface area (Å²) in [7, 11) is 2.09. The first kappa shape index (κ1) is 18.9. The van der Waals surface area contributed by atoms with E-state index in [1.54, 1.807) is 4.57 Å². The summed E-state index contributed by atoms with van der Waals surface area (Å²) in [5, 5.41) is 0. The van der Waals surface area contributed by atoms with E-state index in [0.29, 0.717) is 18.9 Å². The van der Waals surface area contributed by atoms with Crippen molar-refractivity contribution in [2.45, 2.75) is 26.3 Å². The first-order valence-corrected chi connectivity index (χ1v) is 10.3. The fraction of sp³-hybridized carbons (Fsp3) is 0.571. The van der Waals surface area contributed by atoms with E-state index < -0.39 is 0 Å². The number of fused-ring (bicyclic) bond motifs is 1. The second kappa shape index (κ2) is 7.91. The van der Waals surface area contributed by atoms with Gasteiger partial charge < -0.3 is 19.3 Å². The van der Waals surface area contributed by atoms with Crippen molar-refractivity contribution in [1.82, 2.24) is 19.4 Å². The lowest BCUT2D eigenvalue weighted by atomic mass is 9.96. The van der Waals surface area contributed by atoms with Crippen molar-refractivity contribution in [1.29, 1.82) is 0 Å². The fourth-order valence-corrected chi connectivity index (χ4v) is 4.36. The Labute approximate surface area is 165 Å². The van der Waals surface area contributed by atoms with Gasteiger partial charge in [0.1, 0.15) is 0 Å². The van der Waals surface area contributed by atoms with E-state index in [9.17, 15) is 9.59 Å². The summed E-state index contributed by atoms with van der Waals surface area (Å²) in [6.07, 6.45) is 1.79. The molecule has 7 nitrogen and oxygen atoms in total. The van der Waals surface area contributed by atoms with Crippen LogP contribution in [0.15, 0.2) is 29.1 Å². The Balaban J connectivity index is 1.59. The van der Waals surface area contributed by atoms with Gasteiger partial charge in [-0.15, -0.1) is 0 Å². The van der Waals surface area contributed by atoms with Gasteiger partial charge in [0, 0.05) is 45.8 Å². The minimum atomic E-state index is -0.0612. The second-order valence-corrected chi connectivity index (χ2v) is 7.89. The molecule has 2 saturated heterocycles. The van der Waals surface area contributed by atoms with Gasteiger partial charge in [-0.3, -0.25) is 9.59 Å². The van der Waals surface area contributed by atoms with Crippen LogP contribution in [0.3, 0.4) is 0 Å². The highest BCUT2D eigenvalue weighted by Crippen LogP contribution is 2.23. The molecule has 7 heteroatoms. The number of rotatable bonds is 3. The largest absolute Gasteiger partial charge is 0.351 e. The van der Waals surface area contributed by atoms with E-state index in [1.807, 2.05) is 41.0 Å². The van der Waals surface area contributed by atoms with Crippen molar-refractivity contribution in [2.75, 3.05) is 51.2 Å². The van der Waals surface area contributed by atoms with Gasteiger partial charge in [0.25, 0.3) is 5.56 Å². The third-order valence-corrected chi connectivity index (χ3v) is 6.04. The highest BCUT2D eigenvalue weighted by Gasteiger charge is 2.32. The number of carbonyl (C=O) groups is 1. The van der Waals surface area contributed by atoms with Gasteiger partial charge in [-0.1, -0.05) is 12.1 Å². The number of para-hydroxylation sites is 2. The smallest absolute Gasteiger partial charge is 0.293 e. The van der Waals surface area contributed by atoms with Gasteiger partial charge in [0.2, 0.25) is 5.91 Å². The molecular weight excluding hydrogens is 354 g/mol. The molecule has 150 valence electrons. The van der Waals surface area contributed by atoms with Crippen LogP contribution >= 0.6 is 0 Å². The monoisotopic (exact) mass is 383 g/mol. The van der Waals surface area contributed by atoms with Gasteiger partial charge in [-0.25, -0.2) is 4.98 Å². The zero-order valence-electron chi connectivity index (χ0n) is 16.8. The summed E-state index contributed by atoms with van der Waals surface area (Å²) in [5.74, 6) is 0.658. The number of piperidine rings is 1. The summed E-state index contributed by atoms with van der Waals surface area (Å²) in [6, 6.07) is 7.76. The molecule has 0 aliphatic carbocycles. The van der Waals surface area contributed by atoms with Crippen LogP contribution in [0.5, 0.6) is 0 Å². The number of aryl methyl sites for hydroxylation is 1. The Hall–Kier alpha value is -2.41. The number of amides is 1. The minimum Gasteiger partial charge on any atom is -0.351 e. The van der Waals surface area contributed by atoms with Crippen LogP contribution in [0.2, 0.25) is 0 Å². The van der Waals surface area contributed by atoms with Crippen molar-refractivity contribution in [2.24, 2.45) is 5.92 Å². The first-order chi connectivity index (χ1) is 13.6. The number of benzene rings is 1. The lowest BCUT2D eigenvalue weighted by molar-refractivity contribution is -0.137. The molecule has 0 bridgehead atoms. The maximum absolute atomic E-state index is 13.1. The molecule has 1 aromatic carbocycles. The fourth-order valence-electron chi connectivity index (χ4n) is 4.36. The van der Waals surface area contributed by atoms with Gasteiger partial charge in [0.15, 0.2) is 5.82 Å². The second-order valence-electron chi connectivity index (χ2n) is 7.89. The molecule has 0 radical (unpaired) electrons. The lowest BCUT2D eigenvalue weighted by Crippen LogP contribution is -2.52. The zero-order chi connectivity index (χ0) is 19.7. The average Bonchev–Trinajstić information content (AvgIpc) is 2.73. The molecular formula is C21H29N5O2. The van der Waals surface area contributed by atoms with E-state index in [1.165, 1.54) is 0 Å². The number of hydrogen-bond acceptors (Lipinski definition) is 5. The van der Waals surface area contributed by atoms with E-state index in [0.717, 1.165) is 56.6 Å². The van der Waals surface area contributed by atoms with Crippen LogP contribution in [0.25, 0.3) is 11.0 Å². The normalized spacial score (nSPS) is 21.3. The molecule has 4 rings (SSSR count). The SMILES string of the molecule is CCn1c(=O)c(N2CCCC(C(=O)N3CCN(C)CC3)C2)nc2ccccc21. The number of aromatic nitrogens is 2. The zero-order valence-corrected chi connectivity index (χ0v) is 16.8. The Kier molecular flexibility index (Phi) is 5.35. The van der Waals surface area contributed by atoms with E-state index in [2.05, 4.69) is 16.9 Å². The summed E-state index contributed by atoms with van der Waals surface area (Å²) < 4.78 is 1.78. The van der Waals surface area contributed by atoms with Crippen LogP contribution in [0.4, 0.5) is 5.82 Å². The molecule has 0 spiro atoms. The third-order valence-electron chi connectivity index (χ3n) is 6.04. The predicted octanol–water partition coefficient (Wildman–Crippen LogP) is 1.41. The highest BCUT2D eigenvalue weighted by molar-refractivity contribution is 5.80. The Morgan fingerprint density at radius 1 is 1.14 bits per heavy atom. The quantitative estimate of drug-likeness (QED) is 0.802. The molecule has 1 amide bonds. The van der Waals surface area contributed by atoms with Crippen LogP contribution in [0, 0.1) is 5.92 Å². The molecule has 28 heavy (non-hydrogen) atoms. The molecule has 0 N–H and O–H groups in total. The number of nitrogens with zero attached hydrogens (tertiary/aromatic N) is 5. The Morgan fingerprint density at radius 2 is 1.89 bits per heavy atom. The molecule has 2 aromatic rings. The lowest BCUT2D eigenvalue weighted by Gasteiger charge is -2.38. The standard InChI is InChI=1S/C21H29N5O2/c1-3-26-18-9-5-4-8-17(18)22-19(21(26)28)25-10-6-7-16(15-25)20(27)24-13-11-23(2)12-14-24/h4-5,8-9,16H,3,6-7,10-15H2,1-2H3. The molecule has 1 atom stereocenters.